The van der Waals surface area contributed by atoms with Crippen LogP contribution in [0, 0.1) is 0 Å². The van der Waals surface area contributed by atoms with E-state index < -0.39 is 0 Å². The molecule has 0 aromatic rings. The summed E-state index contributed by atoms with van der Waals surface area (Å²) in [6, 6.07) is 0. The molecule has 0 heterocycles. The van der Waals surface area contributed by atoms with Crippen molar-refractivity contribution in [3.63, 3.8) is 0 Å². The summed E-state index contributed by atoms with van der Waals surface area (Å²) < 4.78 is 0. The minimum atomic E-state index is -0.301. The quantitative estimate of drug-likeness (QED) is 0.397. The molecule has 0 aliphatic rings. The van der Waals surface area contributed by atoms with Crippen molar-refractivity contribution in [1.82, 2.24) is 0 Å². The molecule has 0 aliphatic carbocycles. The van der Waals surface area contributed by atoms with Crippen LogP contribution in [0.2, 0.25) is 0 Å². The second-order valence-corrected chi connectivity index (χ2v) is 4.88. The average Bonchev–Trinajstić information content (AvgIpc) is 2.34. The first-order valence-electron chi connectivity index (χ1n) is 7.33. The van der Waals surface area contributed by atoms with Gasteiger partial charge in [0.15, 0.2) is 0 Å². The molecule has 100 valence electrons. The molecule has 17 heavy (non-hydrogen) atoms. The van der Waals surface area contributed by atoms with E-state index >= 15 is 0 Å². The zero-order chi connectivity index (χ0) is 12.9. The minimum Gasteiger partial charge on any atom is -0.388 e. The first-order chi connectivity index (χ1) is 8.26. The van der Waals surface area contributed by atoms with Crippen LogP contribution in [0.1, 0.15) is 78.1 Å². The van der Waals surface area contributed by atoms with Gasteiger partial charge in [-0.1, -0.05) is 65.4 Å². The lowest BCUT2D eigenvalue weighted by Gasteiger charge is -2.12. The van der Waals surface area contributed by atoms with Gasteiger partial charge in [0.2, 0.25) is 0 Å². The average molecular weight is 238 g/mol. The lowest BCUT2D eigenvalue weighted by molar-refractivity contribution is 0.191. The van der Waals surface area contributed by atoms with Crippen molar-refractivity contribution in [3.8, 4) is 0 Å². The molecule has 0 bridgehead atoms. The molecule has 1 heteroatoms. The van der Waals surface area contributed by atoms with Gasteiger partial charge >= 0.3 is 0 Å². The fourth-order valence-electron chi connectivity index (χ4n) is 2.05. The van der Waals surface area contributed by atoms with Gasteiger partial charge in [-0.25, -0.2) is 0 Å². The van der Waals surface area contributed by atoms with Crippen LogP contribution >= 0.6 is 0 Å². The van der Waals surface area contributed by atoms with E-state index in [2.05, 4.69) is 26.2 Å². The van der Waals surface area contributed by atoms with Crippen LogP contribution in [0.25, 0.3) is 0 Å². The predicted octanol–water partition coefficient (Wildman–Crippen LogP) is 5.00. The van der Waals surface area contributed by atoms with E-state index in [4.69, 9.17) is 0 Å². The van der Waals surface area contributed by atoms with Crippen LogP contribution in [0.4, 0.5) is 0 Å². The van der Waals surface area contributed by atoms with Crippen LogP contribution in [0.15, 0.2) is 17.9 Å². The Morgan fingerprint density at radius 2 is 1.59 bits per heavy atom. The maximum absolute atomic E-state index is 10.00. The smallest absolute Gasteiger partial charge is 0.0823 e. The molecule has 0 radical (unpaired) electrons. The van der Waals surface area contributed by atoms with Crippen molar-refractivity contribution in [2.24, 2.45) is 0 Å². The summed E-state index contributed by atoms with van der Waals surface area (Å²) in [6.45, 7) is 8.12. The van der Waals surface area contributed by atoms with Gasteiger partial charge in [-0.15, -0.1) is 5.73 Å². The van der Waals surface area contributed by atoms with Crippen molar-refractivity contribution < 1.29 is 5.11 Å². The molecule has 0 saturated carbocycles. The standard InChI is InChI=1S/C16H30O/c1-4-7-9-10-12-13-15(6-3)16(17)14-11-8-5-2/h16-17H,3-5,7-14H2,1-2H3. The van der Waals surface area contributed by atoms with Crippen molar-refractivity contribution in [1.29, 1.82) is 0 Å². The van der Waals surface area contributed by atoms with Crippen molar-refractivity contribution >= 4 is 0 Å². The third kappa shape index (κ3) is 9.21. The van der Waals surface area contributed by atoms with E-state index in [1.165, 1.54) is 44.9 Å². The summed E-state index contributed by atoms with van der Waals surface area (Å²) in [7, 11) is 0. The molecule has 0 aromatic heterocycles. The third-order valence-corrected chi connectivity index (χ3v) is 3.26. The Balaban J connectivity index is 3.71. The molecule has 0 saturated heterocycles. The largest absolute Gasteiger partial charge is 0.388 e. The van der Waals surface area contributed by atoms with Crippen LogP contribution in [0.5, 0.6) is 0 Å². The monoisotopic (exact) mass is 238 g/mol. The fourth-order valence-corrected chi connectivity index (χ4v) is 2.05. The molecule has 0 aromatic carbocycles. The number of hydrogen-bond donors (Lipinski definition) is 1. The summed E-state index contributed by atoms with van der Waals surface area (Å²) >= 11 is 0. The Kier molecular flexibility index (Phi) is 11.6. The van der Waals surface area contributed by atoms with Gasteiger partial charge in [0.1, 0.15) is 0 Å². The number of aliphatic hydroxyl groups is 1. The number of aliphatic hydroxyl groups excluding tert-OH is 1. The fraction of sp³-hybridized carbons (Fsp3) is 0.812. The second kappa shape index (κ2) is 12.0. The summed E-state index contributed by atoms with van der Waals surface area (Å²) in [6.07, 6.45) is 11.4. The summed E-state index contributed by atoms with van der Waals surface area (Å²) in [5.74, 6) is 0. The van der Waals surface area contributed by atoms with Gasteiger partial charge in [0, 0.05) is 0 Å². The topological polar surface area (TPSA) is 20.2 Å². The lowest BCUT2D eigenvalue weighted by Crippen LogP contribution is -2.09. The molecule has 1 atom stereocenters. The number of rotatable bonds is 11. The normalized spacial score (nSPS) is 12.2. The highest BCUT2D eigenvalue weighted by Gasteiger charge is 2.09. The van der Waals surface area contributed by atoms with Gasteiger partial charge in [-0.05, 0) is 24.8 Å². The van der Waals surface area contributed by atoms with E-state index in [0.717, 1.165) is 24.8 Å². The lowest BCUT2D eigenvalue weighted by atomic mass is 9.98. The molecular formula is C16H30O. The van der Waals surface area contributed by atoms with E-state index in [1.807, 2.05) is 0 Å². The highest BCUT2D eigenvalue weighted by molar-refractivity contribution is 5.05. The Morgan fingerprint density at radius 3 is 2.18 bits per heavy atom. The zero-order valence-corrected chi connectivity index (χ0v) is 11.8. The van der Waals surface area contributed by atoms with Crippen LogP contribution in [-0.2, 0) is 0 Å². The van der Waals surface area contributed by atoms with Crippen LogP contribution in [0.3, 0.4) is 0 Å². The first-order valence-corrected chi connectivity index (χ1v) is 7.33. The second-order valence-electron chi connectivity index (χ2n) is 4.88. The zero-order valence-electron chi connectivity index (χ0n) is 11.8. The molecule has 0 amide bonds. The van der Waals surface area contributed by atoms with E-state index in [-0.39, 0.29) is 6.10 Å². The molecule has 1 unspecified atom stereocenters. The van der Waals surface area contributed by atoms with E-state index in [9.17, 15) is 5.11 Å². The van der Waals surface area contributed by atoms with Crippen LogP contribution in [-0.4, -0.2) is 11.2 Å². The van der Waals surface area contributed by atoms with Crippen molar-refractivity contribution in [3.05, 3.63) is 17.9 Å². The molecule has 0 spiro atoms. The molecular weight excluding hydrogens is 208 g/mol. The van der Waals surface area contributed by atoms with Gasteiger partial charge in [-0.3, -0.25) is 0 Å². The summed E-state index contributed by atoms with van der Waals surface area (Å²) in [5, 5.41) is 10.00. The Bertz CT molecular complexity index is 214. The molecule has 0 rings (SSSR count). The molecule has 1 N–H and O–H groups in total. The van der Waals surface area contributed by atoms with Gasteiger partial charge < -0.3 is 5.11 Å². The number of unbranched alkanes of at least 4 members (excludes halogenated alkanes) is 6. The molecule has 1 nitrogen and oxygen atoms in total. The van der Waals surface area contributed by atoms with Gasteiger partial charge in [-0.2, -0.15) is 0 Å². The number of hydrogen-bond acceptors (Lipinski definition) is 1. The Hall–Kier alpha value is -0.520. The predicted molar refractivity (Wildman–Crippen MR) is 76.2 cm³/mol. The van der Waals surface area contributed by atoms with E-state index in [0.29, 0.717) is 0 Å². The van der Waals surface area contributed by atoms with Crippen molar-refractivity contribution in [2.75, 3.05) is 0 Å². The highest BCUT2D eigenvalue weighted by Crippen LogP contribution is 2.17. The Morgan fingerprint density at radius 1 is 1.00 bits per heavy atom. The first kappa shape index (κ1) is 16.5. The molecule has 0 fully saturated rings. The third-order valence-electron chi connectivity index (χ3n) is 3.26. The van der Waals surface area contributed by atoms with Gasteiger partial charge in [0.25, 0.3) is 0 Å². The highest BCUT2D eigenvalue weighted by atomic mass is 16.3. The van der Waals surface area contributed by atoms with E-state index in [1.54, 1.807) is 0 Å². The maximum Gasteiger partial charge on any atom is 0.0823 e. The maximum atomic E-state index is 10.00. The van der Waals surface area contributed by atoms with Crippen LogP contribution < -0.4 is 0 Å². The SMILES string of the molecule is C=C=C(CCCCCCC)C(O)CCCCC. The Labute approximate surface area is 108 Å². The minimum absolute atomic E-state index is 0.301. The van der Waals surface area contributed by atoms with Crippen molar-refractivity contribution in [2.45, 2.75) is 84.2 Å². The summed E-state index contributed by atoms with van der Waals surface area (Å²) in [5.41, 5.74) is 3.96. The molecule has 0 aliphatic heterocycles. The summed E-state index contributed by atoms with van der Waals surface area (Å²) in [4.78, 5) is 0. The van der Waals surface area contributed by atoms with Gasteiger partial charge in [0.05, 0.1) is 6.10 Å².